The summed E-state index contributed by atoms with van der Waals surface area (Å²) in [6.07, 6.45) is 2.63. The Kier molecular flexibility index (Phi) is 6.95. The van der Waals surface area contributed by atoms with Crippen molar-refractivity contribution in [1.29, 1.82) is 0 Å². The summed E-state index contributed by atoms with van der Waals surface area (Å²) >= 11 is 0. The SMILES string of the molecule is CCN(CC)C(=O)N1CCCC(CCCOC)(C(=O)O)C1. The smallest absolute Gasteiger partial charge is 0.320 e. The Morgan fingerprint density at radius 1 is 1.33 bits per heavy atom. The molecule has 6 nitrogen and oxygen atoms in total. The molecular weight excluding hydrogens is 272 g/mol. The summed E-state index contributed by atoms with van der Waals surface area (Å²) in [4.78, 5) is 27.6. The molecule has 1 N–H and O–H groups in total. The summed E-state index contributed by atoms with van der Waals surface area (Å²) in [5.74, 6) is -0.796. The van der Waals surface area contributed by atoms with Gasteiger partial charge in [-0.05, 0) is 39.5 Å². The standard InChI is InChI=1S/C15H28N2O4/c1-4-16(5-2)14(20)17-10-6-8-15(12-17,13(18)19)9-7-11-21-3/h4-12H2,1-3H3,(H,18,19). The maximum atomic E-state index is 12.4. The van der Waals surface area contributed by atoms with E-state index < -0.39 is 11.4 Å². The number of carbonyl (C=O) groups excluding carboxylic acids is 1. The molecule has 0 saturated carbocycles. The molecule has 1 unspecified atom stereocenters. The van der Waals surface area contributed by atoms with Crippen LogP contribution in [0.25, 0.3) is 0 Å². The summed E-state index contributed by atoms with van der Waals surface area (Å²) in [6, 6.07) is -0.0444. The van der Waals surface area contributed by atoms with E-state index in [1.807, 2.05) is 13.8 Å². The summed E-state index contributed by atoms with van der Waals surface area (Å²) < 4.78 is 5.02. The topological polar surface area (TPSA) is 70.1 Å². The van der Waals surface area contributed by atoms with Crippen LogP contribution < -0.4 is 0 Å². The van der Waals surface area contributed by atoms with Gasteiger partial charge >= 0.3 is 12.0 Å². The first-order chi connectivity index (χ1) is 10.0. The third-order valence-electron chi connectivity index (χ3n) is 4.34. The molecule has 1 rings (SSSR count). The van der Waals surface area contributed by atoms with Crippen LogP contribution in [0.5, 0.6) is 0 Å². The number of nitrogens with zero attached hydrogens (tertiary/aromatic N) is 2. The minimum atomic E-state index is -0.820. The number of aliphatic carboxylic acids is 1. The maximum absolute atomic E-state index is 12.4. The van der Waals surface area contributed by atoms with Crippen molar-refractivity contribution in [1.82, 2.24) is 9.80 Å². The molecule has 0 aliphatic carbocycles. The molecule has 1 aliphatic rings. The van der Waals surface area contributed by atoms with E-state index in [0.29, 0.717) is 52.0 Å². The van der Waals surface area contributed by atoms with E-state index in [1.54, 1.807) is 16.9 Å². The number of ether oxygens (including phenoxy) is 1. The molecule has 0 aromatic rings. The van der Waals surface area contributed by atoms with Gasteiger partial charge in [-0.3, -0.25) is 4.79 Å². The highest BCUT2D eigenvalue weighted by molar-refractivity contribution is 5.78. The van der Waals surface area contributed by atoms with Gasteiger partial charge in [-0.2, -0.15) is 0 Å². The van der Waals surface area contributed by atoms with Crippen molar-refractivity contribution < 1.29 is 19.4 Å². The minimum Gasteiger partial charge on any atom is -0.481 e. The van der Waals surface area contributed by atoms with Crippen LogP contribution in [0.3, 0.4) is 0 Å². The first-order valence-corrected chi connectivity index (χ1v) is 7.77. The lowest BCUT2D eigenvalue weighted by Crippen LogP contribution is -2.53. The molecular formula is C15H28N2O4. The van der Waals surface area contributed by atoms with Gasteiger partial charge < -0.3 is 19.6 Å². The number of urea groups is 1. The van der Waals surface area contributed by atoms with Crippen molar-refractivity contribution in [3.05, 3.63) is 0 Å². The number of likely N-dealkylation sites (tertiary alicyclic amines) is 1. The third-order valence-corrected chi connectivity index (χ3v) is 4.34. The van der Waals surface area contributed by atoms with E-state index in [-0.39, 0.29) is 6.03 Å². The molecule has 1 fully saturated rings. The summed E-state index contributed by atoms with van der Waals surface area (Å²) in [7, 11) is 1.62. The monoisotopic (exact) mass is 300 g/mol. The number of hydrogen-bond donors (Lipinski definition) is 1. The Balaban J connectivity index is 2.78. The van der Waals surface area contributed by atoms with Crippen LogP contribution in [-0.4, -0.2) is 66.8 Å². The molecule has 122 valence electrons. The quantitative estimate of drug-likeness (QED) is 0.730. The van der Waals surface area contributed by atoms with Crippen molar-refractivity contribution >= 4 is 12.0 Å². The highest BCUT2D eigenvalue weighted by atomic mass is 16.5. The third kappa shape index (κ3) is 4.33. The summed E-state index contributed by atoms with van der Waals surface area (Å²) in [5.41, 5.74) is -0.820. The lowest BCUT2D eigenvalue weighted by Gasteiger charge is -2.41. The van der Waals surface area contributed by atoms with E-state index in [1.165, 1.54) is 0 Å². The first-order valence-electron chi connectivity index (χ1n) is 7.77. The molecule has 0 aromatic heterocycles. The average molecular weight is 300 g/mol. The molecule has 6 heteroatoms. The van der Waals surface area contributed by atoms with Crippen LogP contribution in [0.15, 0.2) is 0 Å². The van der Waals surface area contributed by atoms with Crippen LogP contribution in [0.2, 0.25) is 0 Å². The summed E-state index contributed by atoms with van der Waals surface area (Å²) in [5, 5.41) is 9.65. The van der Waals surface area contributed by atoms with Gasteiger partial charge in [-0.15, -0.1) is 0 Å². The van der Waals surface area contributed by atoms with Crippen LogP contribution >= 0.6 is 0 Å². The molecule has 2 amide bonds. The zero-order chi connectivity index (χ0) is 15.9. The van der Waals surface area contributed by atoms with Crippen LogP contribution in [-0.2, 0) is 9.53 Å². The number of hydrogen-bond acceptors (Lipinski definition) is 3. The molecule has 0 aromatic carbocycles. The fraction of sp³-hybridized carbons (Fsp3) is 0.867. The minimum absolute atomic E-state index is 0.0444. The number of amides is 2. The lowest BCUT2D eigenvalue weighted by molar-refractivity contribution is -0.152. The zero-order valence-electron chi connectivity index (χ0n) is 13.4. The molecule has 0 bridgehead atoms. The van der Waals surface area contributed by atoms with E-state index in [2.05, 4.69) is 0 Å². The highest BCUT2D eigenvalue weighted by Gasteiger charge is 2.43. The van der Waals surface area contributed by atoms with E-state index >= 15 is 0 Å². The number of piperidine rings is 1. The normalized spacial score (nSPS) is 22.1. The van der Waals surface area contributed by atoms with Gasteiger partial charge in [0.1, 0.15) is 0 Å². The lowest BCUT2D eigenvalue weighted by atomic mass is 9.76. The molecule has 1 heterocycles. The molecule has 1 saturated heterocycles. The zero-order valence-corrected chi connectivity index (χ0v) is 13.4. The van der Waals surface area contributed by atoms with Crippen molar-refractivity contribution in [2.24, 2.45) is 5.41 Å². The average Bonchev–Trinajstić information content (AvgIpc) is 2.48. The van der Waals surface area contributed by atoms with Crippen LogP contribution in [0.4, 0.5) is 4.79 Å². The van der Waals surface area contributed by atoms with E-state index in [9.17, 15) is 14.7 Å². The van der Waals surface area contributed by atoms with Gasteiger partial charge in [0.2, 0.25) is 0 Å². The Morgan fingerprint density at radius 2 is 2.00 bits per heavy atom. The van der Waals surface area contributed by atoms with E-state index in [0.717, 1.165) is 6.42 Å². The molecule has 0 radical (unpaired) electrons. The van der Waals surface area contributed by atoms with Crippen molar-refractivity contribution in [2.75, 3.05) is 39.9 Å². The van der Waals surface area contributed by atoms with Gasteiger partial charge in [0.15, 0.2) is 0 Å². The predicted octanol–water partition coefficient (Wildman–Crippen LogP) is 2.04. The van der Waals surface area contributed by atoms with Crippen molar-refractivity contribution in [2.45, 2.75) is 39.5 Å². The van der Waals surface area contributed by atoms with Gasteiger partial charge in [-0.1, -0.05) is 0 Å². The molecule has 0 spiro atoms. The van der Waals surface area contributed by atoms with Crippen molar-refractivity contribution in [3.8, 4) is 0 Å². The predicted molar refractivity (Wildman–Crippen MR) is 80.3 cm³/mol. The first kappa shape index (κ1) is 17.8. The Bertz CT molecular complexity index is 358. The van der Waals surface area contributed by atoms with Gasteiger partial charge in [0.25, 0.3) is 0 Å². The number of methoxy groups -OCH3 is 1. The van der Waals surface area contributed by atoms with Gasteiger partial charge in [0, 0.05) is 39.9 Å². The number of carbonyl (C=O) groups is 2. The second-order valence-electron chi connectivity index (χ2n) is 5.66. The Labute approximate surface area is 127 Å². The Hall–Kier alpha value is -1.30. The van der Waals surface area contributed by atoms with Gasteiger partial charge in [0.05, 0.1) is 5.41 Å². The van der Waals surface area contributed by atoms with Gasteiger partial charge in [-0.25, -0.2) is 4.79 Å². The largest absolute Gasteiger partial charge is 0.481 e. The second-order valence-corrected chi connectivity index (χ2v) is 5.66. The number of rotatable bonds is 7. The fourth-order valence-electron chi connectivity index (χ4n) is 3.03. The van der Waals surface area contributed by atoms with E-state index in [4.69, 9.17) is 4.74 Å². The maximum Gasteiger partial charge on any atom is 0.320 e. The molecule has 1 aliphatic heterocycles. The highest BCUT2D eigenvalue weighted by Crippen LogP contribution is 2.35. The fourth-order valence-corrected chi connectivity index (χ4v) is 3.03. The Morgan fingerprint density at radius 3 is 2.52 bits per heavy atom. The number of carboxylic acids is 1. The van der Waals surface area contributed by atoms with Crippen LogP contribution in [0.1, 0.15) is 39.5 Å². The number of carboxylic acid groups (broad SMARTS) is 1. The molecule has 21 heavy (non-hydrogen) atoms. The van der Waals surface area contributed by atoms with Crippen LogP contribution in [0, 0.1) is 5.41 Å². The summed E-state index contributed by atoms with van der Waals surface area (Å²) in [6.45, 7) is 6.68. The van der Waals surface area contributed by atoms with Crippen molar-refractivity contribution in [3.63, 3.8) is 0 Å². The molecule has 1 atom stereocenters. The second kappa shape index (κ2) is 8.22.